The van der Waals surface area contributed by atoms with Crippen LogP contribution in [-0.4, -0.2) is 18.0 Å². The van der Waals surface area contributed by atoms with E-state index in [1.807, 2.05) is 18.2 Å². The molecule has 1 fully saturated rings. The lowest BCUT2D eigenvalue weighted by Gasteiger charge is -2.17. The lowest BCUT2D eigenvalue weighted by Crippen LogP contribution is -2.19. The summed E-state index contributed by atoms with van der Waals surface area (Å²) in [5.41, 5.74) is 1.39. The summed E-state index contributed by atoms with van der Waals surface area (Å²) in [5.74, 6) is 0.0611. The maximum Gasteiger partial charge on any atom is 0.416 e. The predicted molar refractivity (Wildman–Crippen MR) is 80.2 cm³/mol. The largest absolute Gasteiger partial charge is 0.416 e. The van der Waals surface area contributed by atoms with Gasteiger partial charge >= 0.3 is 6.18 Å². The van der Waals surface area contributed by atoms with Crippen molar-refractivity contribution >= 4 is 0 Å². The molecule has 1 heterocycles. The minimum absolute atomic E-state index is 0.0611. The first-order valence-electron chi connectivity index (χ1n) is 7.29. The quantitative estimate of drug-likeness (QED) is 0.806. The van der Waals surface area contributed by atoms with E-state index in [1.165, 1.54) is 17.7 Å². The summed E-state index contributed by atoms with van der Waals surface area (Å²) in [4.78, 5) is 2.25. The molecular weight excluding hydrogens is 287 g/mol. The highest BCUT2D eigenvalue weighted by Crippen LogP contribution is 2.33. The molecule has 1 unspecified atom stereocenters. The molecule has 0 amide bonds. The van der Waals surface area contributed by atoms with Crippen molar-refractivity contribution < 1.29 is 13.2 Å². The first-order chi connectivity index (χ1) is 10.5. The molecule has 3 rings (SSSR count). The number of nitrogens with zero attached hydrogens (tertiary/aromatic N) is 1. The van der Waals surface area contributed by atoms with Gasteiger partial charge in [-0.2, -0.15) is 13.2 Å². The molecule has 2 aromatic carbocycles. The Morgan fingerprint density at radius 1 is 1.00 bits per heavy atom. The van der Waals surface area contributed by atoms with Crippen molar-refractivity contribution in [3.05, 3.63) is 77.7 Å². The highest BCUT2D eigenvalue weighted by atomic mass is 19.4. The van der Waals surface area contributed by atoms with E-state index in [4.69, 9.17) is 0 Å². The van der Waals surface area contributed by atoms with Crippen LogP contribution in [-0.2, 0) is 12.7 Å². The second-order valence-corrected chi connectivity index (χ2v) is 5.65. The van der Waals surface area contributed by atoms with Crippen LogP contribution < -0.4 is 0 Å². The van der Waals surface area contributed by atoms with E-state index in [1.54, 1.807) is 6.07 Å². The maximum atomic E-state index is 12.8. The second kappa shape index (κ2) is 6.13. The van der Waals surface area contributed by atoms with E-state index in [0.717, 1.165) is 31.3 Å². The topological polar surface area (TPSA) is 3.24 Å². The minimum Gasteiger partial charge on any atom is -0.298 e. The summed E-state index contributed by atoms with van der Waals surface area (Å²) < 4.78 is 38.4. The third-order valence-corrected chi connectivity index (χ3v) is 3.99. The van der Waals surface area contributed by atoms with Crippen LogP contribution >= 0.6 is 0 Å². The lowest BCUT2D eigenvalue weighted by molar-refractivity contribution is -0.137. The number of likely N-dealkylation sites (tertiary alicyclic amines) is 1. The Balaban J connectivity index is 1.68. The van der Waals surface area contributed by atoms with Gasteiger partial charge in [-0.25, -0.2) is 0 Å². The first kappa shape index (κ1) is 15.1. The molecule has 0 N–H and O–H groups in total. The monoisotopic (exact) mass is 304 g/mol. The predicted octanol–water partition coefficient (Wildman–Crippen LogP) is 4.51. The molecule has 0 aliphatic carbocycles. The number of halogens is 3. The molecule has 1 nitrogen and oxygen atoms in total. The molecule has 1 aliphatic heterocycles. The van der Waals surface area contributed by atoms with E-state index in [2.05, 4.69) is 23.5 Å². The molecular formula is C18H17F3N. The highest BCUT2D eigenvalue weighted by Gasteiger charge is 2.32. The Hall–Kier alpha value is -1.81. The zero-order valence-electron chi connectivity index (χ0n) is 12.1. The van der Waals surface area contributed by atoms with Gasteiger partial charge in [-0.05, 0) is 23.6 Å². The molecule has 1 atom stereocenters. The van der Waals surface area contributed by atoms with Gasteiger partial charge in [0.15, 0.2) is 0 Å². The van der Waals surface area contributed by atoms with Crippen LogP contribution in [0.3, 0.4) is 0 Å². The van der Waals surface area contributed by atoms with Gasteiger partial charge in [-0.1, -0.05) is 48.5 Å². The second-order valence-electron chi connectivity index (χ2n) is 5.65. The molecule has 4 heteroatoms. The van der Waals surface area contributed by atoms with Gasteiger partial charge in [0.1, 0.15) is 0 Å². The van der Waals surface area contributed by atoms with Gasteiger partial charge in [0.25, 0.3) is 0 Å². The molecule has 115 valence electrons. The summed E-state index contributed by atoms with van der Waals surface area (Å²) in [6.45, 7) is 2.39. The first-order valence-corrected chi connectivity index (χ1v) is 7.29. The standard InChI is InChI=1S/C18H17F3N/c19-18(20,21)17-8-4-7-15(11-17)16-9-10-22(13-16)12-14-5-2-1-3-6-14/h1-9,11,16H,10,12-13H2. The summed E-state index contributed by atoms with van der Waals surface area (Å²) >= 11 is 0. The van der Waals surface area contributed by atoms with Gasteiger partial charge in [0.05, 0.1) is 5.56 Å². The molecule has 0 spiro atoms. The van der Waals surface area contributed by atoms with Crippen molar-refractivity contribution in [2.45, 2.75) is 18.6 Å². The Kier molecular flexibility index (Phi) is 4.21. The average molecular weight is 304 g/mol. The Bertz CT molecular complexity index is 622. The zero-order valence-corrected chi connectivity index (χ0v) is 12.1. The van der Waals surface area contributed by atoms with Crippen molar-refractivity contribution in [2.75, 3.05) is 13.1 Å². The fraction of sp³-hybridized carbons (Fsp3) is 0.278. The number of benzene rings is 2. The highest BCUT2D eigenvalue weighted by molar-refractivity contribution is 5.31. The summed E-state index contributed by atoms with van der Waals surface area (Å²) in [7, 11) is 0. The number of hydrogen-bond donors (Lipinski definition) is 0. The van der Waals surface area contributed by atoms with Crippen molar-refractivity contribution in [1.29, 1.82) is 0 Å². The molecule has 0 aromatic heterocycles. The summed E-state index contributed by atoms with van der Waals surface area (Å²) in [6.07, 6.45) is -2.18. The Morgan fingerprint density at radius 3 is 2.50 bits per heavy atom. The van der Waals surface area contributed by atoms with Crippen LogP contribution in [0.25, 0.3) is 0 Å². The molecule has 22 heavy (non-hydrogen) atoms. The van der Waals surface area contributed by atoms with Crippen molar-refractivity contribution in [3.8, 4) is 0 Å². The lowest BCUT2D eigenvalue weighted by atomic mass is 9.96. The van der Waals surface area contributed by atoms with Crippen LogP contribution in [0, 0.1) is 6.42 Å². The van der Waals surface area contributed by atoms with Gasteiger partial charge in [0.2, 0.25) is 0 Å². The number of rotatable bonds is 3. The summed E-state index contributed by atoms with van der Waals surface area (Å²) in [5, 5.41) is 0. The van der Waals surface area contributed by atoms with Crippen LogP contribution in [0.2, 0.25) is 0 Å². The normalized spacial score (nSPS) is 19.5. The number of hydrogen-bond acceptors (Lipinski definition) is 1. The van der Waals surface area contributed by atoms with Crippen molar-refractivity contribution in [1.82, 2.24) is 4.90 Å². The Morgan fingerprint density at radius 2 is 1.77 bits per heavy atom. The van der Waals surface area contributed by atoms with Crippen LogP contribution in [0.15, 0.2) is 54.6 Å². The van der Waals surface area contributed by atoms with Crippen molar-refractivity contribution in [2.24, 2.45) is 0 Å². The van der Waals surface area contributed by atoms with Gasteiger partial charge in [-0.15, -0.1) is 0 Å². The van der Waals surface area contributed by atoms with Crippen LogP contribution in [0.5, 0.6) is 0 Å². The zero-order chi connectivity index (χ0) is 15.6. The third-order valence-electron chi connectivity index (χ3n) is 3.99. The van der Waals surface area contributed by atoms with Gasteiger partial charge < -0.3 is 0 Å². The van der Waals surface area contributed by atoms with E-state index in [-0.39, 0.29) is 5.92 Å². The molecule has 2 aromatic rings. The van der Waals surface area contributed by atoms with Gasteiger partial charge in [-0.3, -0.25) is 4.90 Å². The van der Waals surface area contributed by atoms with E-state index in [0.29, 0.717) is 0 Å². The SMILES string of the molecule is FC(F)(F)c1cccc(C2[CH]CN(Cc3ccccc3)C2)c1. The third kappa shape index (κ3) is 3.50. The van der Waals surface area contributed by atoms with E-state index in [9.17, 15) is 13.2 Å². The average Bonchev–Trinajstić information content (AvgIpc) is 2.96. The molecule has 1 aliphatic rings. The van der Waals surface area contributed by atoms with Gasteiger partial charge in [0, 0.05) is 25.6 Å². The maximum absolute atomic E-state index is 12.8. The van der Waals surface area contributed by atoms with Crippen LogP contribution in [0.1, 0.15) is 22.6 Å². The molecule has 1 radical (unpaired) electrons. The fourth-order valence-electron chi connectivity index (χ4n) is 2.86. The van der Waals surface area contributed by atoms with Crippen LogP contribution in [0.4, 0.5) is 13.2 Å². The number of alkyl halides is 3. The minimum atomic E-state index is -4.28. The molecule has 0 bridgehead atoms. The fourth-order valence-corrected chi connectivity index (χ4v) is 2.86. The molecule has 0 saturated carbocycles. The smallest absolute Gasteiger partial charge is 0.298 e. The van der Waals surface area contributed by atoms with Crippen molar-refractivity contribution in [3.63, 3.8) is 0 Å². The van der Waals surface area contributed by atoms with E-state index >= 15 is 0 Å². The molecule has 1 saturated heterocycles. The summed E-state index contributed by atoms with van der Waals surface area (Å²) in [6, 6.07) is 15.8. The Labute approximate surface area is 128 Å². The van der Waals surface area contributed by atoms with E-state index < -0.39 is 11.7 Å².